The number of fused-ring (bicyclic) bond motifs is 1. The highest BCUT2D eigenvalue weighted by atomic mass is 15.5. The maximum absolute atomic E-state index is 9.12. The molecule has 0 radical (unpaired) electrons. The molecule has 102 valence electrons. The number of hydrogen-bond donors (Lipinski definition) is 2. The fourth-order valence-corrected chi connectivity index (χ4v) is 1.96. The van der Waals surface area contributed by atoms with Gasteiger partial charge in [0, 0.05) is 23.5 Å². The van der Waals surface area contributed by atoms with Gasteiger partial charge in [-0.1, -0.05) is 6.07 Å². The quantitative estimate of drug-likeness (QED) is 0.710. The number of hydrogen-bond acceptors (Lipinski definition) is 6. The molecule has 7 nitrogen and oxygen atoms in total. The number of allylic oxidation sites excluding steroid dienone is 1. The summed E-state index contributed by atoms with van der Waals surface area (Å²) in [5, 5.41) is 26.6. The van der Waals surface area contributed by atoms with Gasteiger partial charge in [-0.15, -0.1) is 10.2 Å². The van der Waals surface area contributed by atoms with E-state index in [0.717, 1.165) is 22.2 Å². The molecule has 3 aromatic rings. The number of rotatable bonds is 3. The average molecular weight is 277 g/mol. The Balaban J connectivity index is 1.95. The molecule has 3 rings (SSSR count). The molecule has 21 heavy (non-hydrogen) atoms. The molecular formula is C14H11N7. The van der Waals surface area contributed by atoms with E-state index in [1.807, 2.05) is 37.3 Å². The molecule has 0 fully saturated rings. The van der Waals surface area contributed by atoms with E-state index >= 15 is 0 Å². The van der Waals surface area contributed by atoms with Crippen molar-refractivity contribution >= 4 is 22.2 Å². The number of pyridine rings is 1. The summed E-state index contributed by atoms with van der Waals surface area (Å²) in [7, 11) is 0. The minimum absolute atomic E-state index is 0.251. The van der Waals surface area contributed by atoms with Gasteiger partial charge in [0.15, 0.2) is 0 Å². The zero-order valence-electron chi connectivity index (χ0n) is 11.2. The second-order valence-electron chi connectivity index (χ2n) is 4.41. The standard InChI is InChI=1S/C14H11N7/c1-9-5-10-3-2-4-16-13(10)6-12(9)17-8-11(7-15)14-18-20-21-19-14/h2-6,8,17H,1H3,(H,18,19,20,21). The molecule has 0 saturated carbocycles. The number of H-pyrrole nitrogens is 1. The first kappa shape index (κ1) is 12.7. The fourth-order valence-electron chi connectivity index (χ4n) is 1.96. The lowest BCUT2D eigenvalue weighted by Crippen LogP contribution is -1.95. The van der Waals surface area contributed by atoms with Gasteiger partial charge >= 0.3 is 0 Å². The highest BCUT2D eigenvalue weighted by Crippen LogP contribution is 2.22. The summed E-state index contributed by atoms with van der Waals surface area (Å²) in [6.45, 7) is 1.99. The zero-order valence-corrected chi connectivity index (χ0v) is 11.2. The number of nitriles is 1. The van der Waals surface area contributed by atoms with Gasteiger partial charge in [0.25, 0.3) is 0 Å². The van der Waals surface area contributed by atoms with E-state index in [1.165, 1.54) is 0 Å². The third-order valence-corrected chi connectivity index (χ3v) is 3.03. The molecule has 0 spiro atoms. The van der Waals surface area contributed by atoms with Crippen LogP contribution in [0, 0.1) is 18.3 Å². The molecule has 0 saturated heterocycles. The van der Waals surface area contributed by atoms with E-state index in [0.29, 0.717) is 5.57 Å². The van der Waals surface area contributed by atoms with E-state index in [4.69, 9.17) is 5.26 Å². The Morgan fingerprint density at radius 1 is 1.43 bits per heavy atom. The molecule has 2 aromatic heterocycles. The lowest BCUT2D eigenvalue weighted by atomic mass is 10.1. The van der Waals surface area contributed by atoms with E-state index < -0.39 is 0 Å². The first-order chi connectivity index (χ1) is 10.3. The van der Waals surface area contributed by atoms with Crippen molar-refractivity contribution in [3.05, 3.63) is 48.1 Å². The SMILES string of the molecule is Cc1cc2cccnc2cc1NC=C(C#N)c1nn[nH]n1. The van der Waals surface area contributed by atoms with Gasteiger partial charge in [0.1, 0.15) is 11.6 Å². The van der Waals surface area contributed by atoms with Gasteiger partial charge in [-0.2, -0.15) is 10.5 Å². The number of aryl methyl sites for hydroxylation is 1. The third kappa shape index (κ3) is 2.55. The van der Waals surface area contributed by atoms with Gasteiger partial charge < -0.3 is 5.32 Å². The van der Waals surface area contributed by atoms with Crippen LogP contribution >= 0.6 is 0 Å². The number of aromatic nitrogens is 5. The Morgan fingerprint density at radius 2 is 2.33 bits per heavy atom. The van der Waals surface area contributed by atoms with Crippen molar-refractivity contribution < 1.29 is 0 Å². The molecule has 0 aliphatic rings. The van der Waals surface area contributed by atoms with Crippen molar-refractivity contribution in [1.82, 2.24) is 25.6 Å². The van der Waals surface area contributed by atoms with E-state index in [-0.39, 0.29) is 5.82 Å². The van der Waals surface area contributed by atoms with Crippen LogP contribution in [-0.4, -0.2) is 25.6 Å². The number of aromatic amines is 1. The Bertz CT molecular complexity index is 843. The molecule has 1 aromatic carbocycles. The molecule has 0 atom stereocenters. The number of anilines is 1. The van der Waals surface area contributed by atoms with E-state index in [1.54, 1.807) is 12.4 Å². The van der Waals surface area contributed by atoms with Crippen molar-refractivity contribution in [3.8, 4) is 6.07 Å². The minimum Gasteiger partial charge on any atom is -0.360 e. The zero-order chi connectivity index (χ0) is 14.7. The molecule has 7 heteroatoms. The summed E-state index contributed by atoms with van der Waals surface area (Å²) >= 11 is 0. The monoisotopic (exact) mass is 277 g/mol. The lowest BCUT2D eigenvalue weighted by Gasteiger charge is -2.07. The second kappa shape index (κ2) is 5.38. The first-order valence-corrected chi connectivity index (χ1v) is 6.24. The predicted octanol–water partition coefficient (Wildman–Crippen LogP) is 2.03. The Hall–Kier alpha value is -3.27. The molecule has 2 N–H and O–H groups in total. The van der Waals surface area contributed by atoms with Crippen LogP contribution in [0.4, 0.5) is 5.69 Å². The van der Waals surface area contributed by atoms with Crippen molar-refractivity contribution in [2.24, 2.45) is 0 Å². The van der Waals surface area contributed by atoms with E-state index in [2.05, 4.69) is 30.9 Å². The van der Waals surface area contributed by atoms with Crippen molar-refractivity contribution in [2.75, 3.05) is 5.32 Å². The maximum Gasteiger partial charge on any atom is 0.216 e. The summed E-state index contributed by atoms with van der Waals surface area (Å²) in [5.41, 5.74) is 3.11. The Labute approximate surface area is 120 Å². The molecule has 0 aliphatic carbocycles. The van der Waals surface area contributed by atoms with Crippen LogP contribution in [0.2, 0.25) is 0 Å². The van der Waals surface area contributed by atoms with Crippen LogP contribution < -0.4 is 5.32 Å². The lowest BCUT2D eigenvalue weighted by molar-refractivity contribution is 0.881. The highest BCUT2D eigenvalue weighted by Gasteiger charge is 2.06. The molecule has 0 unspecified atom stereocenters. The van der Waals surface area contributed by atoms with Crippen LogP contribution in [0.15, 0.2) is 36.7 Å². The summed E-state index contributed by atoms with van der Waals surface area (Å²) < 4.78 is 0. The third-order valence-electron chi connectivity index (χ3n) is 3.03. The van der Waals surface area contributed by atoms with Crippen molar-refractivity contribution in [1.29, 1.82) is 5.26 Å². The number of nitrogens with one attached hydrogen (secondary N) is 2. The number of benzene rings is 1. The molecule has 0 bridgehead atoms. The normalized spacial score (nSPS) is 11.3. The molecule has 0 aliphatic heterocycles. The summed E-state index contributed by atoms with van der Waals surface area (Å²) in [6, 6.07) is 9.92. The predicted molar refractivity (Wildman–Crippen MR) is 77.9 cm³/mol. The number of tetrazole rings is 1. The maximum atomic E-state index is 9.12. The molecular weight excluding hydrogens is 266 g/mol. The number of nitrogens with zero attached hydrogens (tertiary/aromatic N) is 5. The van der Waals surface area contributed by atoms with Gasteiger partial charge in [-0.05, 0) is 35.9 Å². The van der Waals surface area contributed by atoms with E-state index in [9.17, 15) is 0 Å². The van der Waals surface area contributed by atoms with Crippen LogP contribution in [0.5, 0.6) is 0 Å². The van der Waals surface area contributed by atoms with Crippen molar-refractivity contribution in [3.63, 3.8) is 0 Å². The van der Waals surface area contributed by atoms with Crippen LogP contribution in [0.1, 0.15) is 11.4 Å². The van der Waals surface area contributed by atoms with Crippen LogP contribution in [0.25, 0.3) is 16.5 Å². The van der Waals surface area contributed by atoms with Gasteiger partial charge in [0.05, 0.1) is 5.52 Å². The first-order valence-electron chi connectivity index (χ1n) is 6.24. The molecule has 0 amide bonds. The average Bonchev–Trinajstić information content (AvgIpc) is 3.02. The van der Waals surface area contributed by atoms with Crippen LogP contribution in [0.3, 0.4) is 0 Å². The van der Waals surface area contributed by atoms with Gasteiger partial charge in [0.2, 0.25) is 5.82 Å². The topological polar surface area (TPSA) is 103 Å². The summed E-state index contributed by atoms with van der Waals surface area (Å²) in [4.78, 5) is 4.31. The summed E-state index contributed by atoms with van der Waals surface area (Å²) in [5.74, 6) is 0.251. The Kier molecular flexibility index (Phi) is 3.27. The highest BCUT2D eigenvalue weighted by molar-refractivity contribution is 5.84. The van der Waals surface area contributed by atoms with Gasteiger partial charge in [-0.3, -0.25) is 4.98 Å². The minimum atomic E-state index is 0.251. The van der Waals surface area contributed by atoms with Gasteiger partial charge in [-0.25, -0.2) is 0 Å². The van der Waals surface area contributed by atoms with Crippen LogP contribution in [-0.2, 0) is 0 Å². The van der Waals surface area contributed by atoms with Crippen molar-refractivity contribution in [2.45, 2.75) is 6.92 Å². The Morgan fingerprint density at radius 3 is 3.10 bits per heavy atom. The molecule has 2 heterocycles. The fraction of sp³-hybridized carbons (Fsp3) is 0.0714. The second-order valence-corrected chi connectivity index (χ2v) is 4.41. The summed E-state index contributed by atoms with van der Waals surface area (Å²) in [6.07, 6.45) is 3.30. The largest absolute Gasteiger partial charge is 0.360 e. The smallest absolute Gasteiger partial charge is 0.216 e.